The summed E-state index contributed by atoms with van der Waals surface area (Å²) >= 11 is 0. The van der Waals surface area contributed by atoms with E-state index in [1.165, 1.54) is 27.7 Å². The Bertz CT molecular complexity index is 115. The Balaban J connectivity index is -0.0000000450. The SMILES string of the molecule is CC(C)=O.CC(C)=O.O.O=[N+]([O-])O. The van der Waals surface area contributed by atoms with Gasteiger partial charge in [-0.3, -0.25) is 0 Å². The van der Waals surface area contributed by atoms with Gasteiger partial charge in [0.1, 0.15) is 11.6 Å². The molecule has 3 N–H and O–H groups in total. The van der Waals surface area contributed by atoms with Crippen LogP contribution in [0.25, 0.3) is 0 Å². The van der Waals surface area contributed by atoms with E-state index in [9.17, 15) is 9.59 Å². The Morgan fingerprint density at radius 3 is 1.08 bits per heavy atom. The second kappa shape index (κ2) is 16.8. The van der Waals surface area contributed by atoms with Gasteiger partial charge in [-0.2, -0.15) is 0 Å². The van der Waals surface area contributed by atoms with E-state index in [0.717, 1.165) is 0 Å². The maximum Gasteiger partial charge on any atom is 0.291 e. The van der Waals surface area contributed by atoms with Gasteiger partial charge in [-0.05, 0) is 27.7 Å². The summed E-state index contributed by atoms with van der Waals surface area (Å²) in [6, 6.07) is 0. The fraction of sp³-hybridized carbons (Fsp3) is 0.667. The summed E-state index contributed by atoms with van der Waals surface area (Å²) in [4.78, 5) is 27.2. The molecule has 80 valence electrons. The minimum Gasteiger partial charge on any atom is -0.412 e. The number of hydrogen-bond acceptors (Lipinski definition) is 4. The average Bonchev–Trinajstić information content (AvgIpc) is 1.54. The predicted octanol–water partition coefficient (Wildman–Crippen LogP) is 0.0182. The maximum absolute atomic E-state index is 9.44. The van der Waals surface area contributed by atoms with Gasteiger partial charge in [0.2, 0.25) is 0 Å². The maximum atomic E-state index is 9.44. The van der Waals surface area contributed by atoms with Gasteiger partial charge < -0.3 is 20.3 Å². The molecule has 7 nitrogen and oxygen atoms in total. The second-order valence-corrected chi connectivity index (χ2v) is 2.05. The highest BCUT2D eigenvalue weighted by atomic mass is 16.9. The van der Waals surface area contributed by atoms with Gasteiger partial charge in [-0.15, -0.1) is 10.1 Å². The molecule has 0 bridgehead atoms. The highest BCUT2D eigenvalue weighted by Crippen LogP contribution is 1.50. The van der Waals surface area contributed by atoms with Gasteiger partial charge in [-0.25, -0.2) is 0 Å². The van der Waals surface area contributed by atoms with Crippen LogP contribution in [0, 0.1) is 10.1 Å². The molecule has 0 rings (SSSR count). The molecule has 13 heavy (non-hydrogen) atoms. The minimum absolute atomic E-state index is 0. The second-order valence-electron chi connectivity index (χ2n) is 2.05. The highest BCUT2D eigenvalue weighted by molar-refractivity contribution is 5.72. The lowest BCUT2D eigenvalue weighted by molar-refractivity contribution is -0.742. The van der Waals surface area contributed by atoms with E-state index in [2.05, 4.69) is 0 Å². The molecule has 0 aliphatic carbocycles. The lowest BCUT2D eigenvalue weighted by atomic mass is 10.6. The van der Waals surface area contributed by atoms with Crippen molar-refractivity contribution in [2.75, 3.05) is 0 Å². The summed E-state index contributed by atoms with van der Waals surface area (Å²) in [6.07, 6.45) is 0. The number of ketones is 2. The van der Waals surface area contributed by atoms with Crippen LogP contribution in [0.3, 0.4) is 0 Å². The van der Waals surface area contributed by atoms with Gasteiger partial charge in [0.05, 0.1) is 0 Å². The van der Waals surface area contributed by atoms with E-state index in [1.807, 2.05) is 0 Å². The molecule has 0 amide bonds. The summed E-state index contributed by atoms with van der Waals surface area (Å²) in [5, 5.41) is 13.6. The molecule has 0 aromatic rings. The summed E-state index contributed by atoms with van der Waals surface area (Å²) in [5.74, 6) is 0.333. The van der Waals surface area contributed by atoms with Crippen molar-refractivity contribution in [2.24, 2.45) is 0 Å². The topological polar surface area (TPSA) is 129 Å². The molecule has 0 spiro atoms. The zero-order valence-corrected chi connectivity index (χ0v) is 8.03. The zero-order valence-electron chi connectivity index (χ0n) is 8.03. The predicted molar refractivity (Wildman–Crippen MR) is 45.1 cm³/mol. The summed E-state index contributed by atoms with van der Waals surface area (Å²) in [5.41, 5.74) is 0. The first-order valence-corrected chi connectivity index (χ1v) is 2.97. The normalized spacial score (nSPS) is 5.85. The molecular formula is C6H15NO6. The lowest BCUT2D eigenvalue weighted by Gasteiger charge is -1.56. The standard InChI is InChI=1S/2C3H6O.HNO3.H2O/c2*1-3(2)4;2-1(3)4;/h2*1-2H3;(H,2,3,4);1H2. The molecule has 7 heteroatoms. The van der Waals surface area contributed by atoms with Crippen LogP contribution in [0.1, 0.15) is 27.7 Å². The first kappa shape index (κ1) is 22.5. The molecule has 0 heterocycles. The average molecular weight is 197 g/mol. The number of hydrogen-bond donors (Lipinski definition) is 1. The lowest BCUT2D eigenvalue weighted by Crippen LogP contribution is -1.81. The fourth-order valence-electron chi connectivity index (χ4n) is 0. The van der Waals surface area contributed by atoms with E-state index in [0.29, 0.717) is 0 Å². The summed E-state index contributed by atoms with van der Waals surface area (Å²) in [7, 11) is 0. The van der Waals surface area contributed by atoms with E-state index >= 15 is 0 Å². The smallest absolute Gasteiger partial charge is 0.291 e. The molecule has 0 aliphatic rings. The fourth-order valence-corrected chi connectivity index (χ4v) is 0. The summed E-state index contributed by atoms with van der Waals surface area (Å²) < 4.78 is 0. The van der Waals surface area contributed by atoms with Crippen LogP contribution >= 0.6 is 0 Å². The van der Waals surface area contributed by atoms with Crippen molar-refractivity contribution in [1.29, 1.82) is 0 Å². The number of Topliss-reactive ketones (excluding diaryl/α,β-unsaturated/α-hetero) is 2. The molecule has 0 saturated carbocycles. The number of rotatable bonds is 0. The van der Waals surface area contributed by atoms with Crippen molar-refractivity contribution in [2.45, 2.75) is 27.7 Å². The van der Waals surface area contributed by atoms with Crippen molar-refractivity contribution in [1.82, 2.24) is 0 Å². The molecule has 0 fully saturated rings. The number of carbonyl (C=O) groups excluding carboxylic acids is 2. The highest BCUT2D eigenvalue weighted by Gasteiger charge is 1.65. The third kappa shape index (κ3) is 337. The van der Waals surface area contributed by atoms with Crippen LogP contribution in [0.2, 0.25) is 0 Å². The Labute approximate surface area is 75.8 Å². The third-order valence-corrected chi connectivity index (χ3v) is 0. The zero-order chi connectivity index (χ0) is 10.7. The van der Waals surface area contributed by atoms with Crippen molar-refractivity contribution in [3.05, 3.63) is 10.1 Å². The molecule has 0 radical (unpaired) electrons. The number of carbonyl (C=O) groups is 2. The van der Waals surface area contributed by atoms with Gasteiger partial charge >= 0.3 is 0 Å². The third-order valence-electron chi connectivity index (χ3n) is 0. The van der Waals surface area contributed by atoms with Crippen LogP contribution in [0.15, 0.2) is 0 Å². The van der Waals surface area contributed by atoms with Crippen LogP contribution < -0.4 is 0 Å². The van der Waals surface area contributed by atoms with Gasteiger partial charge in [-0.1, -0.05) is 0 Å². The van der Waals surface area contributed by atoms with Crippen LogP contribution in [0.4, 0.5) is 0 Å². The minimum atomic E-state index is -1.50. The van der Waals surface area contributed by atoms with Crippen molar-refractivity contribution < 1.29 is 25.4 Å². The monoisotopic (exact) mass is 197 g/mol. The molecule has 0 atom stereocenters. The molecule has 0 aliphatic heterocycles. The Hall–Kier alpha value is -1.50. The van der Waals surface area contributed by atoms with Gasteiger partial charge in [0, 0.05) is 0 Å². The Morgan fingerprint density at radius 1 is 1.08 bits per heavy atom. The van der Waals surface area contributed by atoms with Gasteiger partial charge in [0.15, 0.2) is 0 Å². The van der Waals surface area contributed by atoms with Crippen molar-refractivity contribution in [3.8, 4) is 0 Å². The molecule has 0 unspecified atom stereocenters. The quantitative estimate of drug-likeness (QED) is 0.432. The van der Waals surface area contributed by atoms with E-state index in [4.69, 9.17) is 15.3 Å². The van der Waals surface area contributed by atoms with E-state index in [-0.39, 0.29) is 17.0 Å². The number of nitrogens with zero attached hydrogens (tertiary/aromatic N) is 1. The van der Waals surface area contributed by atoms with Crippen LogP contribution in [-0.4, -0.2) is 27.3 Å². The molecular weight excluding hydrogens is 182 g/mol. The Morgan fingerprint density at radius 2 is 1.08 bits per heavy atom. The van der Waals surface area contributed by atoms with Crippen molar-refractivity contribution in [3.63, 3.8) is 0 Å². The van der Waals surface area contributed by atoms with Gasteiger partial charge in [0.25, 0.3) is 5.09 Å². The largest absolute Gasteiger partial charge is 0.412 e. The van der Waals surface area contributed by atoms with Crippen molar-refractivity contribution >= 4 is 11.6 Å². The molecule has 0 aromatic heterocycles. The van der Waals surface area contributed by atoms with E-state index in [1.54, 1.807) is 0 Å². The molecule has 0 saturated heterocycles. The summed E-state index contributed by atoms with van der Waals surface area (Å²) in [6.45, 7) is 6.11. The first-order valence-electron chi connectivity index (χ1n) is 2.97. The Kier molecular flexibility index (Phi) is 29.2. The van der Waals surface area contributed by atoms with E-state index < -0.39 is 5.09 Å². The van der Waals surface area contributed by atoms with Crippen LogP contribution in [0.5, 0.6) is 0 Å². The first-order chi connectivity index (χ1) is 5.20. The van der Waals surface area contributed by atoms with Crippen LogP contribution in [-0.2, 0) is 9.59 Å². The molecule has 0 aromatic carbocycles.